The normalized spacial score (nSPS) is 30.5. The molecule has 194 valence electrons. The van der Waals surface area contributed by atoms with Gasteiger partial charge in [-0.05, 0) is 64.3 Å². The summed E-state index contributed by atoms with van der Waals surface area (Å²) < 4.78 is 6.47. The fourth-order valence-electron chi connectivity index (χ4n) is 6.72. The second kappa shape index (κ2) is 10.3. The van der Waals surface area contributed by atoms with Crippen molar-refractivity contribution in [2.75, 3.05) is 24.5 Å². The van der Waals surface area contributed by atoms with Crippen molar-refractivity contribution in [2.24, 2.45) is 5.92 Å². The largest absolute Gasteiger partial charge is 0.370 e. The monoisotopic (exact) mass is 531 g/mol. The van der Waals surface area contributed by atoms with Gasteiger partial charge in [0.05, 0.1) is 28.3 Å². The maximum absolute atomic E-state index is 6.47. The van der Waals surface area contributed by atoms with Gasteiger partial charge in [0.2, 0.25) is 5.95 Å². The predicted molar refractivity (Wildman–Crippen MR) is 141 cm³/mol. The van der Waals surface area contributed by atoms with Gasteiger partial charge in [0, 0.05) is 60.6 Å². The van der Waals surface area contributed by atoms with Crippen LogP contribution < -0.4 is 21.1 Å². The lowest BCUT2D eigenvalue weighted by atomic mass is 9.78. The van der Waals surface area contributed by atoms with Crippen LogP contribution >= 0.6 is 23.2 Å². The van der Waals surface area contributed by atoms with E-state index < -0.39 is 0 Å². The highest BCUT2D eigenvalue weighted by Gasteiger charge is 2.42. The zero-order chi connectivity index (χ0) is 24.7. The van der Waals surface area contributed by atoms with Crippen LogP contribution in [0.15, 0.2) is 24.8 Å². The minimum absolute atomic E-state index is 0.135. The van der Waals surface area contributed by atoms with Gasteiger partial charge in [-0.2, -0.15) is 0 Å². The summed E-state index contributed by atoms with van der Waals surface area (Å²) >= 11 is 12.7. The van der Waals surface area contributed by atoms with Gasteiger partial charge in [-0.25, -0.2) is 15.4 Å². The van der Waals surface area contributed by atoms with Crippen LogP contribution in [0.3, 0.4) is 0 Å². The van der Waals surface area contributed by atoms with Crippen LogP contribution in [0.5, 0.6) is 0 Å². The van der Waals surface area contributed by atoms with Crippen molar-refractivity contribution in [3.05, 3.63) is 46.0 Å². The third-order valence-electron chi connectivity index (χ3n) is 8.75. The fraction of sp³-hybridized carbons (Fsp3) is 0.654. The summed E-state index contributed by atoms with van der Waals surface area (Å²) in [7, 11) is 0. The van der Waals surface area contributed by atoms with Crippen LogP contribution in [-0.2, 0) is 4.74 Å². The molecular formula is C26H35Cl2N7O. The molecule has 0 bridgehead atoms. The van der Waals surface area contributed by atoms with Gasteiger partial charge in [0.25, 0.3) is 0 Å². The topological polar surface area (TPSA) is 87.2 Å². The highest BCUT2D eigenvalue weighted by molar-refractivity contribution is 6.35. The summed E-state index contributed by atoms with van der Waals surface area (Å²) in [6.45, 7) is 5.21. The molecule has 0 amide bonds. The minimum atomic E-state index is -0.193. The number of hydrogen-bond donors (Lipinski definition) is 3. The standard InChI is InChI=1S/C26H35Cl2N7O/c1-16(23-20(27)14-29-15-21(23)28)36-18-3-4-22-19(11-18)24(34-33-22)17-12-30-25(31-13-17)35-9-6-26(7-10-35)5-2-8-32-26/h12-16,18-19,22,24,32-34H,2-11H2,1H3/t16-,18?,19?,22?,24?/m1/s1. The number of aromatic nitrogens is 3. The van der Waals surface area contributed by atoms with Gasteiger partial charge in [0.15, 0.2) is 0 Å². The quantitative estimate of drug-likeness (QED) is 0.524. The molecule has 6 rings (SSSR count). The predicted octanol–water partition coefficient (Wildman–Crippen LogP) is 4.36. The van der Waals surface area contributed by atoms with Gasteiger partial charge in [-0.3, -0.25) is 10.4 Å². The van der Waals surface area contributed by atoms with Gasteiger partial charge in [0.1, 0.15) is 0 Å². The van der Waals surface area contributed by atoms with E-state index in [1.165, 1.54) is 25.7 Å². The van der Waals surface area contributed by atoms with Gasteiger partial charge < -0.3 is 15.0 Å². The zero-order valence-corrected chi connectivity index (χ0v) is 22.2. The number of rotatable bonds is 5. The SMILES string of the molecule is C[C@@H](OC1CCC2NNC(c3cnc(N4CCC5(CCCN5)CC4)nc3)C2C1)c1c(Cl)cncc1Cl. The molecule has 0 aromatic carbocycles. The molecule has 10 heteroatoms. The van der Waals surface area contributed by atoms with E-state index in [2.05, 4.69) is 26.1 Å². The molecule has 4 unspecified atom stereocenters. The van der Waals surface area contributed by atoms with E-state index in [9.17, 15) is 0 Å². The first-order valence-electron chi connectivity index (χ1n) is 13.3. The van der Waals surface area contributed by atoms with Crippen molar-refractivity contribution in [3.8, 4) is 0 Å². The van der Waals surface area contributed by atoms with E-state index in [4.69, 9.17) is 37.9 Å². The Bertz CT molecular complexity index is 1030. The van der Waals surface area contributed by atoms with E-state index in [0.717, 1.165) is 56.0 Å². The van der Waals surface area contributed by atoms with Gasteiger partial charge >= 0.3 is 0 Å². The second-order valence-electron chi connectivity index (χ2n) is 10.9. The van der Waals surface area contributed by atoms with Crippen molar-refractivity contribution in [1.82, 2.24) is 31.1 Å². The molecule has 36 heavy (non-hydrogen) atoms. The average Bonchev–Trinajstić information content (AvgIpc) is 3.52. The van der Waals surface area contributed by atoms with E-state index in [0.29, 0.717) is 27.5 Å². The van der Waals surface area contributed by atoms with Gasteiger partial charge in [-0.15, -0.1) is 0 Å². The Morgan fingerprint density at radius 2 is 1.78 bits per heavy atom. The Kier molecular flexibility index (Phi) is 7.09. The Hall–Kier alpha value is -1.55. The Labute approximate surface area is 222 Å². The number of halogens is 2. The number of piperidine rings is 1. The molecular weight excluding hydrogens is 497 g/mol. The molecule has 4 fully saturated rings. The number of hydrazine groups is 1. The lowest BCUT2D eigenvalue weighted by Crippen LogP contribution is -2.50. The number of nitrogens with zero attached hydrogens (tertiary/aromatic N) is 4. The smallest absolute Gasteiger partial charge is 0.225 e. The summed E-state index contributed by atoms with van der Waals surface area (Å²) in [6, 6.07) is 0.571. The Morgan fingerprint density at radius 1 is 1.03 bits per heavy atom. The molecule has 3 N–H and O–H groups in total. The summed E-state index contributed by atoms with van der Waals surface area (Å²) in [5.74, 6) is 1.25. The minimum Gasteiger partial charge on any atom is -0.370 e. The van der Waals surface area contributed by atoms with Crippen molar-refractivity contribution < 1.29 is 4.74 Å². The number of anilines is 1. The molecule has 5 atom stereocenters. The fourth-order valence-corrected chi connectivity index (χ4v) is 7.39. The molecule has 1 saturated carbocycles. The first-order chi connectivity index (χ1) is 17.5. The highest BCUT2D eigenvalue weighted by atomic mass is 35.5. The highest BCUT2D eigenvalue weighted by Crippen LogP contribution is 2.41. The van der Waals surface area contributed by atoms with Crippen molar-refractivity contribution in [1.29, 1.82) is 0 Å². The number of pyridine rings is 1. The maximum atomic E-state index is 6.47. The molecule has 1 spiro atoms. The Balaban J connectivity index is 1.09. The number of nitrogens with one attached hydrogen (secondary N) is 3. The van der Waals surface area contributed by atoms with Gasteiger partial charge in [-0.1, -0.05) is 23.2 Å². The summed E-state index contributed by atoms with van der Waals surface area (Å²) in [5.41, 5.74) is 9.31. The molecule has 1 aliphatic carbocycles. The van der Waals surface area contributed by atoms with Crippen LogP contribution in [-0.4, -0.2) is 52.3 Å². The third-order valence-corrected chi connectivity index (χ3v) is 9.35. The van der Waals surface area contributed by atoms with Crippen LogP contribution in [0, 0.1) is 5.92 Å². The molecule has 3 saturated heterocycles. The van der Waals surface area contributed by atoms with Crippen molar-refractivity contribution >= 4 is 29.2 Å². The van der Waals surface area contributed by atoms with E-state index in [1.54, 1.807) is 12.4 Å². The second-order valence-corrected chi connectivity index (χ2v) is 11.7. The van der Waals surface area contributed by atoms with Crippen LogP contribution in [0.2, 0.25) is 10.0 Å². The molecule has 0 radical (unpaired) electrons. The molecule has 3 aliphatic heterocycles. The zero-order valence-electron chi connectivity index (χ0n) is 20.7. The Morgan fingerprint density at radius 3 is 2.47 bits per heavy atom. The lowest BCUT2D eigenvalue weighted by Gasteiger charge is -2.39. The van der Waals surface area contributed by atoms with Crippen molar-refractivity contribution in [3.63, 3.8) is 0 Å². The molecule has 2 aromatic heterocycles. The molecule has 8 nitrogen and oxygen atoms in total. The first kappa shape index (κ1) is 24.8. The van der Waals surface area contributed by atoms with Crippen LogP contribution in [0.1, 0.15) is 75.1 Å². The van der Waals surface area contributed by atoms with E-state index in [1.807, 2.05) is 19.3 Å². The summed E-state index contributed by atoms with van der Waals surface area (Å²) in [5, 5.41) is 4.83. The third kappa shape index (κ3) is 4.84. The van der Waals surface area contributed by atoms with Crippen LogP contribution in [0.25, 0.3) is 0 Å². The van der Waals surface area contributed by atoms with E-state index in [-0.39, 0.29) is 18.2 Å². The summed E-state index contributed by atoms with van der Waals surface area (Å²) in [4.78, 5) is 16.0. The number of fused-ring (bicyclic) bond motifs is 1. The van der Waals surface area contributed by atoms with Crippen LogP contribution in [0.4, 0.5) is 5.95 Å². The maximum Gasteiger partial charge on any atom is 0.225 e. The van der Waals surface area contributed by atoms with Crippen molar-refractivity contribution in [2.45, 2.75) is 81.7 Å². The molecule has 4 aliphatic rings. The van der Waals surface area contributed by atoms with E-state index >= 15 is 0 Å². The first-order valence-corrected chi connectivity index (χ1v) is 14.0. The average molecular weight is 533 g/mol. The molecule has 2 aromatic rings. The molecule has 5 heterocycles. The lowest BCUT2D eigenvalue weighted by molar-refractivity contribution is -0.0370. The number of hydrogen-bond acceptors (Lipinski definition) is 8. The number of ether oxygens (including phenoxy) is 1. The summed E-state index contributed by atoms with van der Waals surface area (Å²) in [6.07, 6.45) is 15.1.